The molecule has 1 aromatic rings. The van der Waals surface area contributed by atoms with Crippen LogP contribution in [-0.2, 0) is 0 Å². The average Bonchev–Trinajstić information content (AvgIpc) is 2.82. The van der Waals surface area contributed by atoms with Gasteiger partial charge in [0.05, 0.1) is 13.7 Å². The molecule has 1 fully saturated rings. The highest BCUT2D eigenvalue weighted by Gasteiger charge is 2.22. The maximum absolute atomic E-state index is 5.58. The molecule has 0 radical (unpaired) electrons. The predicted octanol–water partition coefficient (Wildman–Crippen LogP) is 2.17. The molecule has 0 aromatic heterocycles. The van der Waals surface area contributed by atoms with E-state index in [0.717, 1.165) is 24.6 Å². The van der Waals surface area contributed by atoms with Crippen molar-refractivity contribution >= 4 is 0 Å². The van der Waals surface area contributed by atoms with Crippen molar-refractivity contribution in [2.24, 2.45) is 0 Å². The van der Waals surface area contributed by atoms with Gasteiger partial charge in [0.1, 0.15) is 0 Å². The SMILES string of the molecule is CCOc1cccc(C2CCNC2)c1OC. The van der Waals surface area contributed by atoms with E-state index in [4.69, 9.17) is 9.47 Å². The molecule has 0 spiro atoms. The Balaban J connectivity index is 2.31. The molecule has 1 unspecified atom stereocenters. The van der Waals surface area contributed by atoms with Crippen molar-refractivity contribution in [3.8, 4) is 11.5 Å². The molecule has 1 aliphatic heterocycles. The second-order valence-corrected chi connectivity index (χ2v) is 4.00. The first-order chi connectivity index (χ1) is 7.86. The van der Waals surface area contributed by atoms with E-state index < -0.39 is 0 Å². The largest absolute Gasteiger partial charge is 0.493 e. The van der Waals surface area contributed by atoms with Crippen LogP contribution in [0.1, 0.15) is 24.8 Å². The van der Waals surface area contributed by atoms with Crippen molar-refractivity contribution in [3.63, 3.8) is 0 Å². The Morgan fingerprint density at radius 3 is 2.94 bits per heavy atom. The molecule has 1 atom stereocenters. The van der Waals surface area contributed by atoms with Crippen LogP contribution in [0.3, 0.4) is 0 Å². The van der Waals surface area contributed by atoms with E-state index >= 15 is 0 Å². The van der Waals surface area contributed by atoms with Crippen molar-refractivity contribution in [3.05, 3.63) is 23.8 Å². The Morgan fingerprint density at radius 1 is 1.44 bits per heavy atom. The lowest BCUT2D eigenvalue weighted by atomic mass is 9.97. The van der Waals surface area contributed by atoms with Crippen LogP contribution in [0.5, 0.6) is 11.5 Å². The van der Waals surface area contributed by atoms with Crippen LogP contribution in [-0.4, -0.2) is 26.8 Å². The molecule has 88 valence electrons. The molecule has 3 heteroatoms. The van der Waals surface area contributed by atoms with Gasteiger partial charge in [-0.05, 0) is 26.0 Å². The summed E-state index contributed by atoms with van der Waals surface area (Å²) in [4.78, 5) is 0. The fourth-order valence-electron chi connectivity index (χ4n) is 2.26. The maximum Gasteiger partial charge on any atom is 0.164 e. The molecular formula is C13H19NO2. The van der Waals surface area contributed by atoms with Gasteiger partial charge in [0.15, 0.2) is 11.5 Å². The first-order valence-corrected chi connectivity index (χ1v) is 5.87. The normalized spacial score (nSPS) is 19.8. The predicted molar refractivity (Wildman–Crippen MR) is 64.4 cm³/mol. The monoisotopic (exact) mass is 221 g/mol. The van der Waals surface area contributed by atoms with Gasteiger partial charge in [-0.25, -0.2) is 0 Å². The highest BCUT2D eigenvalue weighted by atomic mass is 16.5. The van der Waals surface area contributed by atoms with Crippen LogP contribution in [0.25, 0.3) is 0 Å². The zero-order chi connectivity index (χ0) is 11.4. The Hall–Kier alpha value is -1.22. The van der Waals surface area contributed by atoms with Gasteiger partial charge in [-0.1, -0.05) is 12.1 Å². The fraction of sp³-hybridized carbons (Fsp3) is 0.538. The summed E-state index contributed by atoms with van der Waals surface area (Å²) in [5.74, 6) is 2.31. The molecule has 2 rings (SSSR count). The molecule has 16 heavy (non-hydrogen) atoms. The summed E-state index contributed by atoms with van der Waals surface area (Å²) in [6.45, 7) is 4.78. The van der Waals surface area contributed by atoms with Gasteiger partial charge in [0, 0.05) is 18.0 Å². The quantitative estimate of drug-likeness (QED) is 0.845. The van der Waals surface area contributed by atoms with Crippen molar-refractivity contribution in [1.82, 2.24) is 5.32 Å². The number of benzene rings is 1. The summed E-state index contributed by atoms with van der Waals surface area (Å²) in [6, 6.07) is 6.15. The summed E-state index contributed by atoms with van der Waals surface area (Å²) >= 11 is 0. The van der Waals surface area contributed by atoms with Crippen molar-refractivity contribution in [1.29, 1.82) is 0 Å². The van der Waals surface area contributed by atoms with Crippen LogP contribution in [0, 0.1) is 0 Å². The summed E-state index contributed by atoms with van der Waals surface area (Å²) in [6.07, 6.45) is 1.17. The number of para-hydroxylation sites is 1. The zero-order valence-electron chi connectivity index (χ0n) is 9.95. The molecule has 1 aliphatic rings. The standard InChI is InChI=1S/C13H19NO2/c1-3-16-12-6-4-5-11(13(12)15-2)10-7-8-14-9-10/h4-6,10,14H,3,7-9H2,1-2H3. The lowest BCUT2D eigenvalue weighted by Gasteiger charge is -2.17. The number of hydrogen-bond donors (Lipinski definition) is 1. The first-order valence-electron chi connectivity index (χ1n) is 5.87. The van der Waals surface area contributed by atoms with Gasteiger partial charge in [-0.3, -0.25) is 0 Å². The summed E-state index contributed by atoms with van der Waals surface area (Å²) in [7, 11) is 1.71. The lowest BCUT2D eigenvalue weighted by molar-refractivity contribution is 0.308. The van der Waals surface area contributed by atoms with E-state index in [-0.39, 0.29) is 0 Å². The zero-order valence-corrected chi connectivity index (χ0v) is 9.95. The average molecular weight is 221 g/mol. The molecule has 1 N–H and O–H groups in total. The second-order valence-electron chi connectivity index (χ2n) is 4.00. The number of ether oxygens (including phenoxy) is 2. The van der Waals surface area contributed by atoms with E-state index in [1.165, 1.54) is 12.0 Å². The van der Waals surface area contributed by atoms with E-state index in [0.29, 0.717) is 12.5 Å². The highest BCUT2D eigenvalue weighted by molar-refractivity contribution is 5.48. The minimum absolute atomic E-state index is 0.551. The molecular weight excluding hydrogens is 202 g/mol. The third-order valence-electron chi connectivity index (χ3n) is 3.01. The number of rotatable bonds is 4. The molecule has 0 amide bonds. The summed E-state index contributed by atoms with van der Waals surface area (Å²) in [5.41, 5.74) is 1.26. The Morgan fingerprint density at radius 2 is 2.31 bits per heavy atom. The molecule has 1 heterocycles. The highest BCUT2D eigenvalue weighted by Crippen LogP contribution is 2.37. The molecule has 0 saturated carbocycles. The topological polar surface area (TPSA) is 30.5 Å². The number of hydrogen-bond acceptors (Lipinski definition) is 3. The Bertz CT molecular complexity index is 346. The Labute approximate surface area is 96.8 Å². The third-order valence-corrected chi connectivity index (χ3v) is 3.01. The third kappa shape index (κ3) is 2.14. The summed E-state index contributed by atoms with van der Waals surface area (Å²) < 4.78 is 11.1. The van der Waals surface area contributed by atoms with Gasteiger partial charge in [0.2, 0.25) is 0 Å². The van der Waals surface area contributed by atoms with E-state index in [9.17, 15) is 0 Å². The van der Waals surface area contributed by atoms with Crippen LogP contribution < -0.4 is 14.8 Å². The van der Waals surface area contributed by atoms with Crippen LogP contribution in [0.4, 0.5) is 0 Å². The molecule has 3 nitrogen and oxygen atoms in total. The second kappa shape index (κ2) is 5.21. The summed E-state index contributed by atoms with van der Waals surface area (Å²) in [5, 5.41) is 3.38. The minimum atomic E-state index is 0.551. The van der Waals surface area contributed by atoms with Gasteiger partial charge >= 0.3 is 0 Å². The van der Waals surface area contributed by atoms with Crippen LogP contribution in [0.2, 0.25) is 0 Å². The first kappa shape index (κ1) is 11.3. The van der Waals surface area contributed by atoms with Gasteiger partial charge in [-0.2, -0.15) is 0 Å². The van der Waals surface area contributed by atoms with E-state index in [2.05, 4.69) is 11.4 Å². The molecule has 0 bridgehead atoms. The van der Waals surface area contributed by atoms with E-state index in [1.807, 2.05) is 19.1 Å². The Kier molecular flexibility index (Phi) is 3.67. The smallest absolute Gasteiger partial charge is 0.164 e. The van der Waals surface area contributed by atoms with E-state index in [1.54, 1.807) is 7.11 Å². The van der Waals surface area contributed by atoms with Gasteiger partial charge < -0.3 is 14.8 Å². The van der Waals surface area contributed by atoms with Crippen molar-refractivity contribution < 1.29 is 9.47 Å². The van der Waals surface area contributed by atoms with Crippen LogP contribution in [0.15, 0.2) is 18.2 Å². The number of nitrogens with one attached hydrogen (secondary N) is 1. The van der Waals surface area contributed by atoms with Gasteiger partial charge in [0.25, 0.3) is 0 Å². The fourth-order valence-corrected chi connectivity index (χ4v) is 2.26. The maximum atomic E-state index is 5.58. The molecule has 0 aliphatic carbocycles. The lowest BCUT2D eigenvalue weighted by Crippen LogP contribution is -2.09. The van der Waals surface area contributed by atoms with Crippen molar-refractivity contribution in [2.45, 2.75) is 19.3 Å². The number of methoxy groups -OCH3 is 1. The molecule has 1 aromatic carbocycles. The minimum Gasteiger partial charge on any atom is -0.493 e. The molecule has 1 saturated heterocycles. The van der Waals surface area contributed by atoms with Crippen molar-refractivity contribution in [2.75, 3.05) is 26.8 Å². The van der Waals surface area contributed by atoms with Crippen LogP contribution >= 0.6 is 0 Å². The van der Waals surface area contributed by atoms with Gasteiger partial charge in [-0.15, -0.1) is 0 Å².